The Morgan fingerprint density at radius 3 is 2.62 bits per heavy atom. The number of aryl methyl sites for hydroxylation is 1. The average Bonchev–Trinajstić information content (AvgIpc) is 3.39. The van der Waals surface area contributed by atoms with Gasteiger partial charge >= 0.3 is 0 Å². The monoisotopic (exact) mass is 458 g/mol. The van der Waals surface area contributed by atoms with E-state index in [1.807, 2.05) is 17.6 Å². The molecule has 1 aliphatic rings. The minimum Gasteiger partial charge on any atom is -0.335 e. The number of alkyl halides is 1. The van der Waals surface area contributed by atoms with Gasteiger partial charge in [-0.1, -0.05) is 12.8 Å². The Labute approximate surface area is 185 Å². The van der Waals surface area contributed by atoms with Crippen molar-refractivity contribution in [3.05, 3.63) is 47.4 Å². The van der Waals surface area contributed by atoms with Gasteiger partial charge in [0.25, 0.3) is 0 Å². The first kappa shape index (κ1) is 22.4. The topological polar surface area (TPSA) is 87.8 Å². The maximum atomic E-state index is 15.0. The highest BCUT2D eigenvalue weighted by molar-refractivity contribution is 7.89. The van der Waals surface area contributed by atoms with Gasteiger partial charge in [0.2, 0.25) is 10.0 Å². The van der Waals surface area contributed by atoms with Gasteiger partial charge in [0.1, 0.15) is 23.5 Å². The smallest absolute Gasteiger partial charge is 0.242 e. The summed E-state index contributed by atoms with van der Waals surface area (Å²) >= 11 is 0. The SMILES string of the molecule is Cc1cc(F)c2c(C#N)c(-c3ccc(S(=O)(=O)N[C@@H](C)CF)cn3)n(C3CCCC3)c2c1. The predicted molar refractivity (Wildman–Crippen MR) is 118 cm³/mol. The summed E-state index contributed by atoms with van der Waals surface area (Å²) in [5.74, 6) is -0.460. The third kappa shape index (κ3) is 3.89. The lowest BCUT2D eigenvalue weighted by molar-refractivity contribution is 0.423. The third-order valence-corrected chi connectivity index (χ3v) is 7.45. The van der Waals surface area contributed by atoms with E-state index in [1.54, 1.807) is 0 Å². The van der Waals surface area contributed by atoms with Crippen molar-refractivity contribution in [2.24, 2.45) is 0 Å². The second-order valence-electron chi connectivity index (χ2n) is 8.34. The Hall–Kier alpha value is -2.83. The number of pyridine rings is 1. The number of benzene rings is 1. The minimum atomic E-state index is -3.93. The third-order valence-electron chi connectivity index (χ3n) is 5.88. The van der Waals surface area contributed by atoms with Crippen molar-refractivity contribution in [2.45, 2.75) is 56.5 Å². The molecule has 0 bridgehead atoms. The summed E-state index contributed by atoms with van der Waals surface area (Å²) in [4.78, 5) is 4.22. The number of nitrogens with zero attached hydrogens (tertiary/aromatic N) is 3. The van der Waals surface area contributed by atoms with Gasteiger partial charge in [-0.05, 0) is 56.5 Å². The summed E-state index contributed by atoms with van der Waals surface area (Å²) in [6.07, 6.45) is 5.09. The van der Waals surface area contributed by atoms with Crippen LogP contribution in [0.2, 0.25) is 0 Å². The molecule has 1 aromatic carbocycles. The molecule has 4 rings (SSSR count). The number of hydrogen-bond donors (Lipinski definition) is 1. The summed E-state index contributed by atoms with van der Waals surface area (Å²) in [6.45, 7) is 2.40. The van der Waals surface area contributed by atoms with Crippen LogP contribution in [0.25, 0.3) is 22.3 Å². The van der Waals surface area contributed by atoms with Crippen LogP contribution in [0.4, 0.5) is 8.78 Å². The second-order valence-corrected chi connectivity index (χ2v) is 10.1. The molecule has 9 heteroatoms. The van der Waals surface area contributed by atoms with Crippen LogP contribution in [0.5, 0.6) is 0 Å². The highest BCUT2D eigenvalue weighted by atomic mass is 32.2. The van der Waals surface area contributed by atoms with Crippen LogP contribution in [0, 0.1) is 24.1 Å². The van der Waals surface area contributed by atoms with Gasteiger partial charge in [0.05, 0.1) is 27.9 Å². The Morgan fingerprint density at radius 2 is 2.03 bits per heavy atom. The highest BCUT2D eigenvalue weighted by Gasteiger charge is 2.29. The van der Waals surface area contributed by atoms with Crippen LogP contribution in [-0.2, 0) is 10.0 Å². The molecule has 0 spiro atoms. The van der Waals surface area contributed by atoms with Crippen LogP contribution >= 0.6 is 0 Å². The summed E-state index contributed by atoms with van der Waals surface area (Å²) in [7, 11) is -3.93. The standard InChI is InChI=1S/C23H24F2N4O2S/c1-14-9-19(25)22-18(12-26)23(29(21(22)10-14)16-5-3-4-6-16)20-8-7-17(13-27-20)32(30,31)28-15(2)11-24/h7-10,13,15-16,28H,3-6,11H2,1-2H3/t15-/m0/s1. The number of nitrogens with one attached hydrogen (secondary N) is 1. The maximum absolute atomic E-state index is 15.0. The lowest BCUT2D eigenvalue weighted by Gasteiger charge is -2.18. The molecule has 0 unspecified atom stereocenters. The lowest BCUT2D eigenvalue weighted by Crippen LogP contribution is -2.34. The first-order chi connectivity index (χ1) is 15.3. The van der Waals surface area contributed by atoms with Crippen molar-refractivity contribution in [3.63, 3.8) is 0 Å². The van der Waals surface area contributed by atoms with E-state index in [0.29, 0.717) is 16.9 Å². The lowest BCUT2D eigenvalue weighted by atomic mass is 10.1. The van der Waals surface area contributed by atoms with Gasteiger partial charge in [0, 0.05) is 18.3 Å². The van der Waals surface area contributed by atoms with Gasteiger partial charge in [-0.3, -0.25) is 4.98 Å². The molecule has 0 saturated heterocycles. The molecule has 3 aromatic rings. The molecule has 2 aromatic heterocycles. The summed E-state index contributed by atoms with van der Waals surface area (Å²) < 4.78 is 56.8. The number of rotatable bonds is 6. The molecule has 2 heterocycles. The van der Waals surface area contributed by atoms with Crippen molar-refractivity contribution in [1.82, 2.24) is 14.3 Å². The first-order valence-corrected chi connectivity index (χ1v) is 12.0. The fraction of sp³-hybridized carbons (Fsp3) is 0.391. The Bertz CT molecular complexity index is 1300. The molecular weight excluding hydrogens is 434 g/mol. The van der Waals surface area contributed by atoms with E-state index in [4.69, 9.17) is 0 Å². The number of hydrogen-bond acceptors (Lipinski definition) is 4. The zero-order valence-corrected chi connectivity index (χ0v) is 18.7. The molecule has 1 saturated carbocycles. The van der Waals surface area contributed by atoms with Crippen molar-refractivity contribution in [2.75, 3.05) is 6.67 Å². The van der Waals surface area contributed by atoms with Crippen LogP contribution in [-0.4, -0.2) is 30.7 Å². The molecule has 0 amide bonds. The van der Waals surface area contributed by atoms with Crippen LogP contribution in [0.1, 0.15) is 49.8 Å². The maximum Gasteiger partial charge on any atom is 0.242 e. The molecule has 0 aliphatic heterocycles. The number of nitriles is 1. The average molecular weight is 459 g/mol. The Morgan fingerprint density at radius 1 is 1.31 bits per heavy atom. The molecule has 1 atom stereocenters. The van der Waals surface area contributed by atoms with Gasteiger partial charge in [-0.25, -0.2) is 21.9 Å². The Balaban J connectivity index is 1.90. The van der Waals surface area contributed by atoms with Gasteiger partial charge in [-0.2, -0.15) is 5.26 Å². The normalized spacial score (nSPS) is 15.8. The largest absolute Gasteiger partial charge is 0.335 e. The van der Waals surface area contributed by atoms with Crippen LogP contribution in [0.3, 0.4) is 0 Å². The minimum absolute atomic E-state index is 0.105. The molecule has 0 radical (unpaired) electrons. The van der Waals surface area contributed by atoms with Crippen molar-refractivity contribution in [1.29, 1.82) is 5.26 Å². The molecule has 32 heavy (non-hydrogen) atoms. The number of sulfonamides is 1. The predicted octanol–water partition coefficient (Wildman–Crippen LogP) is 4.77. The first-order valence-electron chi connectivity index (χ1n) is 10.6. The molecule has 168 valence electrons. The Kier molecular flexibility index (Phi) is 6.01. The number of aromatic nitrogens is 2. The fourth-order valence-corrected chi connectivity index (χ4v) is 5.63. The van der Waals surface area contributed by atoms with Crippen molar-refractivity contribution in [3.8, 4) is 17.5 Å². The van der Waals surface area contributed by atoms with Crippen LogP contribution in [0.15, 0.2) is 35.4 Å². The van der Waals surface area contributed by atoms with Gasteiger partial charge < -0.3 is 4.57 Å². The second kappa shape index (κ2) is 8.60. The zero-order valence-electron chi connectivity index (χ0n) is 17.9. The van der Waals surface area contributed by atoms with Crippen molar-refractivity contribution < 1.29 is 17.2 Å². The number of halogens is 2. The van der Waals surface area contributed by atoms with Crippen molar-refractivity contribution >= 4 is 20.9 Å². The molecule has 6 nitrogen and oxygen atoms in total. The van der Waals surface area contributed by atoms with E-state index in [1.165, 1.54) is 31.3 Å². The van der Waals surface area contributed by atoms with E-state index in [9.17, 15) is 22.5 Å². The zero-order chi connectivity index (χ0) is 23.0. The summed E-state index contributed by atoms with van der Waals surface area (Å²) in [5, 5.41) is 10.2. The van der Waals surface area contributed by atoms with Gasteiger partial charge in [-0.15, -0.1) is 0 Å². The van der Waals surface area contributed by atoms with E-state index in [-0.39, 0.29) is 21.9 Å². The van der Waals surface area contributed by atoms with E-state index < -0.39 is 28.6 Å². The molecular formula is C23H24F2N4O2S. The molecule has 1 fully saturated rings. The molecule has 1 N–H and O–H groups in total. The van der Waals surface area contributed by atoms with Crippen LogP contribution < -0.4 is 4.72 Å². The van der Waals surface area contributed by atoms with E-state index >= 15 is 0 Å². The fourth-order valence-electron chi connectivity index (χ4n) is 4.47. The highest BCUT2D eigenvalue weighted by Crippen LogP contribution is 2.41. The van der Waals surface area contributed by atoms with Gasteiger partial charge in [0.15, 0.2) is 0 Å². The summed E-state index contributed by atoms with van der Waals surface area (Å²) in [5.41, 5.74) is 2.48. The molecule has 1 aliphatic carbocycles. The summed E-state index contributed by atoms with van der Waals surface area (Å²) in [6, 6.07) is 7.56. The van der Waals surface area contributed by atoms with E-state index in [0.717, 1.165) is 31.2 Å². The quantitative estimate of drug-likeness (QED) is 0.576. The van der Waals surface area contributed by atoms with E-state index in [2.05, 4.69) is 15.8 Å². The number of fused-ring (bicyclic) bond motifs is 1.